The van der Waals surface area contributed by atoms with Gasteiger partial charge in [0.05, 0.1) is 0 Å². The van der Waals surface area contributed by atoms with E-state index in [9.17, 15) is 4.39 Å². The van der Waals surface area contributed by atoms with Gasteiger partial charge in [0.25, 0.3) is 0 Å². The second kappa shape index (κ2) is 7.64. The van der Waals surface area contributed by atoms with Gasteiger partial charge >= 0.3 is 0 Å². The number of benzene rings is 1. The summed E-state index contributed by atoms with van der Waals surface area (Å²) in [6.07, 6.45) is 2.24. The molecule has 0 aliphatic carbocycles. The topological polar surface area (TPSA) is 35.2 Å². The molecule has 0 aromatic heterocycles. The predicted octanol–water partition coefficient (Wildman–Crippen LogP) is 3.17. The van der Waals surface area contributed by atoms with Crippen molar-refractivity contribution in [1.82, 2.24) is 0 Å². The lowest BCUT2D eigenvalue weighted by Crippen LogP contribution is -2.23. The molecule has 0 amide bonds. The van der Waals surface area contributed by atoms with Crippen LogP contribution >= 0.6 is 11.6 Å². The lowest BCUT2D eigenvalue weighted by atomic mass is 10.0. The molecular weight excluding hydrogens is 241 g/mol. The third-order valence-electron chi connectivity index (χ3n) is 2.56. The highest BCUT2D eigenvalue weighted by molar-refractivity contribution is 6.30. The minimum atomic E-state index is -0.241. The number of halogens is 2. The summed E-state index contributed by atoms with van der Waals surface area (Å²) in [6.45, 7) is 3.39. The minimum Gasteiger partial charge on any atom is -0.382 e. The summed E-state index contributed by atoms with van der Waals surface area (Å²) < 4.78 is 18.7. The zero-order valence-electron chi connectivity index (χ0n) is 10.1. The molecule has 0 fully saturated rings. The van der Waals surface area contributed by atoms with E-state index in [1.54, 1.807) is 12.1 Å². The molecule has 0 saturated carbocycles. The molecule has 1 atom stereocenters. The summed E-state index contributed by atoms with van der Waals surface area (Å²) in [6, 6.07) is 4.51. The van der Waals surface area contributed by atoms with E-state index >= 15 is 0 Å². The summed E-state index contributed by atoms with van der Waals surface area (Å²) in [4.78, 5) is 0. The molecule has 0 heterocycles. The van der Waals surface area contributed by atoms with Gasteiger partial charge in [-0.25, -0.2) is 4.39 Å². The average Bonchev–Trinajstić information content (AvgIpc) is 2.29. The highest BCUT2D eigenvalue weighted by atomic mass is 35.5. The van der Waals surface area contributed by atoms with Crippen LogP contribution in [-0.4, -0.2) is 19.3 Å². The summed E-state index contributed by atoms with van der Waals surface area (Å²) in [5, 5.41) is 0.544. The smallest absolute Gasteiger partial charge is 0.126 e. The highest BCUT2D eigenvalue weighted by Crippen LogP contribution is 2.17. The molecule has 0 bridgehead atoms. The number of rotatable bonds is 7. The Morgan fingerprint density at radius 2 is 2.24 bits per heavy atom. The molecule has 1 aromatic rings. The van der Waals surface area contributed by atoms with Crippen molar-refractivity contribution < 1.29 is 9.13 Å². The van der Waals surface area contributed by atoms with Crippen LogP contribution in [0, 0.1) is 5.82 Å². The first-order valence-electron chi connectivity index (χ1n) is 5.90. The Morgan fingerprint density at radius 1 is 1.47 bits per heavy atom. The monoisotopic (exact) mass is 259 g/mol. The molecule has 2 nitrogen and oxygen atoms in total. The van der Waals surface area contributed by atoms with Gasteiger partial charge in [0.15, 0.2) is 0 Å². The van der Waals surface area contributed by atoms with Crippen LogP contribution in [0.1, 0.15) is 25.3 Å². The minimum absolute atomic E-state index is 0.0524. The molecule has 4 heteroatoms. The van der Waals surface area contributed by atoms with Crippen LogP contribution < -0.4 is 5.73 Å². The number of ether oxygens (including phenoxy) is 1. The molecule has 2 N–H and O–H groups in total. The van der Waals surface area contributed by atoms with Crippen LogP contribution in [0.25, 0.3) is 0 Å². The normalized spacial score (nSPS) is 12.7. The molecule has 0 aliphatic heterocycles. The lowest BCUT2D eigenvalue weighted by molar-refractivity contribution is 0.142. The Labute approximate surface area is 107 Å². The largest absolute Gasteiger partial charge is 0.382 e. The molecule has 0 radical (unpaired) electrons. The fraction of sp³-hybridized carbons (Fsp3) is 0.538. The molecule has 1 unspecified atom stereocenters. The van der Waals surface area contributed by atoms with E-state index in [0.717, 1.165) is 19.4 Å². The van der Waals surface area contributed by atoms with Crippen molar-refractivity contribution in [2.24, 2.45) is 5.73 Å². The number of hydrogen-bond acceptors (Lipinski definition) is 2. The van der Waals surface area contributed by atoms with Gasteiger partial charge in [-0.1, -0.05) is 11.6 Å². The molecule has 0 saturated heterocycles. The van der Waals surface area contributed by atoms with E-state index in [-0.39, 0.29) is 11.9 Å². The van der Waals surface area contributed by atoms with Crippen LogP contribution in [0.4, 0.5) is 4.39 Å². The Hall–Kier alpha value is -0.640. The van der Waals surface area contributed by atoms with Gasteiger partial charge in [0.1, 0.15) is 5.82 Å². The van der Waals surface area contributed by atoms with E-state index in [2.05, 4.69) is 0 Å². The molecule has 96 valence electrons. The Balaban J connectivity index is 2.39. The maximum absolute atomic E-state index is 13.4. The second-order valence-corrected chi connectivity index (χ2v) is 4.48. The van der Waals surface area contributed by atoms with Crippen molar-refractivity contribution in [2.45, 2.75) is 32.2 Å². The third kappa shape index (κ3) is 5.48. The van der Waals surface area contributed by atoms with Crippen molar-refractivity contribution in [3.8, 4) is 0 Å². The van der Waals surface area contributed by atoms with Crippen LogP contribution in [0.2, 0.25) is 5.02 Å². The van der Waals surface area contributed by atoms with E-state index < -0.39 is 0 Å². The Kier molecular flexibility index (Phi) is 6.48. The van der Waals surface area contributed by atoms with Crippen LogP contribution in [-0.2, 0) is 11.2 Å². The maximum Gasteiger partial charge on any atom is 0.126 e. The average molecular weight is 260 g/mol. The van der Waals surface area contributed by atoms with Gasteiger partial charge in [-0.3, -0.25) is 0 Å². The third-order valence-corrected chi connectivity index (χ3v) is 2.79. The fourth-order valence-corrected chi connectivity index (χ4v) is 1.87. The summed E-state index contributed by atoms with van der Waals surface area (Å²) >= 11 is 5.82. The number of nitrogens with two attached hydrogens (primary N) is 1. The Bertz CT molecular complexity index is 346. The first kappa shape index (κ1) is 14.4. The van der Waals surface area contributed by atoms with Crippen molar-refractivity contribution in [3.63, 3.8) is 0 Å². The summed E-state index contributed by atoms with van der Waals surface area (Å²) in [5.74, 6) is -0.241. The summed E-state index contributed by atoms with van der Waals surface area (Å²) in [7, 11) is 0. The maximum atomic E-state index is 13.4. The number of hydrogen-bond donors (Lipinski definition) is 1. The van der Waals surface area contributed by atoms with Crippen molar-refractivity contribution in [3.05, 3.63) is 34.6 Å². The van der Waals surface area contributed by atoms with E-state index in [1.165, 1.54) is 6.07 Å². The Morgan fingerprint density at radius 3 is 2.94 bits per heavy atom. The fourth-order valence-electron chi connectivity index (χ4n) is 1.68. The van der Waals surface area contributed by atoms with Gasteiger partial charge in [-0.2, -0.15) is 0 Å². The molecule has 0 aliphatic rings. The van der Waals surface area contributed by atoms with Gasteiger partial charge in [0.2, 0.25) is 0 Å². The molecule has 0 spiro atoms. The highest BCUT2D eigenvalue weighted by Gasteiger charge is 2.08. The van der Waals surface area contributed by atoms with Gasteiger partial charge in [0, 0.05) is 24.3 Å². The molecular formula is C13H19ClFNO. The zero-order chi connectivity index (χ0) is 12.7. The van der Waals surface area contributed by atoms with Crippen molar-refractivity contribution in [1.29, 1.82) is 0 Å². The van der Waals surface area contributed by atoms with Gasteiger partial charge in [-0.05, 0) is 49.9 Å². The van der Waals surface area contributed by atoms with Crippen LogP contribution in [0.5, 0.6) is 0 Å². The molecule has 1 rings (SSSR count). The standard InChI is InChI=1S/C13H19ClFNO/c1-2-17-7-3-4-12(16)9-10-8-11(14)5-6-13(10)15/h5-6,8,12H,2-4,7,9,16H2,1H3. The van der Waals surface area contributed by atoms with Crippen LogP contribution in [0.3, 0.4) is 0 Å². The second-order valence-electron chi connectivity index (χ2n) is 4.04. The summed E-state index contributed by atoms with van der Waals surface area (Å²) in [5.41, 5.74) is 6.53. The SMILES string of the molecule is CCOCCCC(N)Cc1cc(Cl)ccc1F. The first-order valence-corrected chi connectivity index (χ1v) is 6.28. The lowest BCUT2D eigenvalue weighted by Gasteiger charge is -2.12. The van der Waals surface area contributed by atoms with Gasteiger partial charge < -0.3 is 10.5 Å². The van der Waals surface area contributed by atoms with Crippen LogP contribution in [0.15, 0.2) is 18.2 Å². The first-order chi connectivity index (χ1) is 8.13. The quantitative estimate of drug-likeness (QED) is 0.764. The molecule has 17 heavy (non-hydrogen) atoms. The van der Waals surface area contributed by atoms with E-state index in [4.69, 9.17) is 22.1 Å². The zero-order valence-corrected chi connectivity index (χ0v) is 10.8. The van der Waals surface area contributed by atoms with E-state index in [1.807, 2.05) is 6.92 Å². The predicted molar refractivity (Wildman–Crippen MR) is 68.8 cm³/mol. The van der Waals surface area contributed by atoms with E-state index in [0.29, 0.717) is 23.6 Å². The van der Waals surface area contributed by atoms with Crippen molar-refractivity contribution >= 4 is 11.6 Å². The van der Waals surface area contributed by atoms with Gasteiger partial charge in [-0.15, -0.1) is 0 Å². The van der Waals surface area contributed by atoms with Crippen molar-refractivity contribution in [2.75, 3.05) is 13.2 Å². The molecule has 1 aromatic carbocycles.